The molecule has 1 aliphatic rings. The zero-order valence-electron chi connectivity index (χ0n) is 15.0. The van der Waals surface area contributed by atoms with E-state index in [9.17, 15) is 9.90 Å². The topological polar surface area (TPSA) is 80.3 Å². The van der Waals surface area contributed by atoms with Gasteiger partial charge in [-0.15, -0.1) is 0 Å². The highest BCUT2D eigenvalue weighted by Gasteiger charge is 2.35. The van der Waals surface area contributed by atoms with Crippen molar-refractivity contribution < 1.29 is 14.3 Å². The summed E-state index contributed by atoms with van der Waals surface area (Å²) in [5, 5.41) is 14.3. The number of furan rings is 1. The van der Waals surface area contributed by atoms with Gasteiger partial charge in [-0.25, -0.2) is 4.98 Å². The van der Waals surface area contributed by atoms with E-state index in [0.717, 1.165) is 35.1 Å². The Morgan fingerprint density at radius 1 is 1.38 bits per heavy atom. The fourth-order valence-electron chi connectivity index (χ4n) is 3.95. The van der Waals surface area contributed by atoms with Gasteiger partial charge in [0.25, 0.3) is 5.91 Å². The maximum absolute atomic E-state index is 12.7. The highest BCUT2D eigenvalue weighted by atomic mass is 16.3. The van der Waals surface area contributed by atoms with Crippen LogP contribution in [0, 0.1) is 19.8 Å². The number of rotatable bonds is 4. The lowest BCUT2D eigenvalue weighted by Crippen LogP contribution is -2.40. The molecular formula is C20H23N3O3. The van der Waals surface area contributed by atoms with E-state index in [4.69, 9.17) is 4.42 Å². The average Bonchev–Trinajstić information content (AvgIpc) is 3.30. The van der Waals surface area contributed by atoms with E-state index in [-0.39, 0.29) is 11.9 Å². The first kappa shape index (κ1) is 16.8. The fourth-order valence-corrected chi connectivity index (χ4v) is 3.95. The number of amides is 1. The number of fused-ring (bicyclic) bond motifs is 1. The van der Waals surface area contributed by atoms with Crippen molar-refractivity contribution >= 4 is 16.9 Å². The van der Waals surface area contributed by atoms with Crippen LogP contribution in [0.3, 0.4) is 0 Å². The molecule has 0 bridgehead atoms. The minimum atomic E-state index is -0.543. The predicted molar refractivity (Wildman–Crippen MR) is 97.9 cm³/mol. The van der Waals surface area contributed by atoms with E-state index in [2.05, 4.69) is 10.3 Å². The number of hydrogen-bond donors (Lipinski definition) is 2. The normalized spacial score (nSPS) is 22.8. The lowest BCUT2D eigenvalue weighted by Gasteiger charge is -2.15. The van der Waals surface area contributed by atoms with Gasteiger partial charge in [0, 0.05) is 29.9 Å². The largest absolute Gasteiger partial charge is 0.450 e. The van der Waals surface area contributed by atoms with Crippen molar-refractivity contribution in [1.29, 1.82) is 0 Å². The number of carbonyl (C=O) groups is 1. The van der Waals surface area contributed by atoms with Gasteiger partial charge in [0.15, 0.2) is 5.76 Å². The second-order valence-electron chi connectivity index (χ2n) is 7.25. The Balaban J connectivity index is 1.48. The van der Waals surface area contributed by atoms with Crippen molar-refractivity contribution in [3.63, 3.8) is 0 Å². The number of aliphatic hydroxyl groups is 1. The molecule has 2 heterocycles. The molecule has 0 aliphatic heterocycles. The van der Waals surface area contributed by atoms with Gasteiger partial charge in [-0.2, -0.15) is 0 Å². The van der Waals surface area contributed by atoms with Crippen molar-refractivity contribution in [3.8, 4) is 0 Å². The lowest BCUT2D eigenvalue weighted by molar-refractivity contribution is 0.0847. The van der Waals surface area contributed by atoms with E-state index in [1.54, 1.807) is 12.5 Å². The Kier molecular flexibility index (Phi) is 4.28. The molecule has 26 heavy (non-hydrogen) atoms. The number of imidazole rings is 1. The maximum atomic E-state index is 12.7. The summed E-state index contributed by atoms with van der Waals surface area (Å²) >= 11 is 0. The van der Waals surface area contributed by atoms with Crippen LogP contribution in [-0.4, -0.2) is 32.7 Å². The Morgan fingerprint density at radius 3 is 2.96 bits per heavy atom. The highest BCUT2D eigenvalue weighted by Crippen LogP contribution is 2.30. The number of nitrogens with one attached hydrogen (secondary N) is 1. The quantitative estimate of drug-likeness (QED) is 0.756. The molecule has 2 aromatic heterocycles. The highest BCUT2D eigenvalue weighted by molar-refractivity contribution is 5.99. The van der Waals surface area contributed by atoms with Gasteiger partial charge in [-0.05, 0) is 38.2 Å². The van der Waals surface area contributed by atoms with Gasteiger partial charge in [-0.3, -0.25) is 4.79 Å². The molecule has 1 aromatic carbocycles. The van der Waals surface area contributed by atoms with Crippen LogP contribution in [0.1, 0.15) is 34.5 Å². The first-order valence-corrected chi connectivity index (χ1v) is 8.96. The first-order chi connectivity index (χ1) is 12.5. The molecule has 1 fully saturated rings. The van der Waals surface area contributed by atoms with Crippen LogP contribution < -0.4 is 5.32 Å². The van der Waals surface area contributed by atoms with Gasteiger partial charge in [0.1, 0.15) is 5.58 Å². The lowest BCUT2D eigenvalue weighted by atomic mass is 10.1. The molecule has 1 amide bonds. The smallest absolute Gasteiger partial charge is 0.287 e. The Morgan fingerprint density at radius 2 is 2.23 bits per heavy atom. The van der Waals surface area contributed by atoms with Gasteiger partial charge in [0.2, 0.25) is 0 Å². The zero-order chi connectivity index (χ0) is 18.3. The third-order valence-electron chi connectivity index (χ3n) is 5.34. The summed E-state index contributed by atoms with van der Waals surface area (Å²) in [6.07, 6.45) is 6.30. The summed E-state index contributed by atoms with van der Waals surface area (Å²) in [6, 6.07) is 5.63. The first-order valence-electron chi connectivity index (χ1n) is 8.96. The van der Waals surface area contributed by atoms with Crippen LogP contribution in [0.25, 0.3) is 11.0 Å². The number of carbonyl (C=O) groups excluding carboxylic acids is 1. The minimum Gasteiger partial charge on any atom is -0.450 e. The SMILES string of the molecule is Cc1c(C(=O)N[C@@H]2CC(Cn3ccnc3)C[C@H]2O)oc2c(C)cccc12. The summed E-state index contributed by atoms with van der Waals surface area (Å²) in [5.74, 6) is 0.383. The number of nitrogens with zero attached hydrogens (tertiary/aromatic N) is 2. The molecule has 2 N–H and O–H groups in total. The van der Waals surface area contributed by atoms with Crippen LogP contribution in [0.5, 0.6) is 0 Å². The molecule has 0 saturated heterocycles. The Bertz CT molecular complexity index is 929. The molecule has 6 heteroatoms. The fraction of sp³-hybridized carbons (Fsp3) is 0.400. The second kappa shape index (κ2) is 6.61. The molecule has 1 saturated carbocycles. The minimum absolute atomic E-state index is 0.259. The van der Waals surface area contributed by atoms with E-state index in [1.807, 2.05) is 42.8 Å². The molecule has 4 rings (SSSR count). The third-order valence-corrected chi connectivity index (χ3v) is 5.34. The molecule has 1 aliphatic carbocycles. The van der Waals surface area contributed by atoms with Crippen molar-refractivity contribution in [3.05, 3.63) is 53.8 Å². The molecule has 0 radical (unpaired) electrons. The van der Waals surface area contributed by atoms with E-state index < -0.39 is 6.10 Å². The summed E-state index contributed by atoms with van der Waals surface area (Å²) in [6.45, 7) is 4.66. The molecule has 6 nitrogen and oxygen atoms in total. The number of para-hydroxylation sites is 1. The summed E-state index contributed by atoms with van der Waals surface area (Å²) in [7, 11) is 0. The van der Waals surface area contributed by atoms with Gasteiger partial charge >= 0.3 is 0 Å². The van der Waals surface area contributed by atoms with Crippen molar-refractivity contribution in [2.24, 2.45) is 5.92 Å². The van der Waals surface area contributed by atoms with Crippen molar-refractivity contribution in [1.82, 2.24) is 14.9 Å². The average molecular weight is 353 g/mol. The number of aromatic nitrogens is 2. The van der Waals surface area contributed by atoms with Crippen LogP contribution in [-0.2, 0) is 6.54 Å². The molecule has 1 unspecified atom stereocenters. The van der Waals surface area contributed by atoms with Gasteiger partial charge < -0.3 is 19.4 Å². The van der Waals surface area contributed by atoms with Crippen LogP contribution in [0.2, 0.25) is 0 Å². The third kappa shape index (κ3) is 3.01. The van der Waals surface area contributed by atoms with E-state index in [1.165, 1.54) is 0 Å². The number of hydrogen-bond acceptors (Lipinski definition) is 4. The molecule has 136 valence electrons. The summed E-state index contributed by atoms with van der Waals surface area (Å²) < 4.78 is 7.85. The Labute approximate surface area is 151 Å². The predicted octanol–water partition coefficient (Wildman–Crippen LogP) is 2.82. The monoisotopic (exact) mass is 353 g/mol. The molecular weight excluding hydrogens is 330 g/mol. The number of benzene rings is 1. The van der Waals surface area contributed by atoms with Crippen LogP contribution >= 0.6 is 0 Å². The van der Waals surface area contributed by atoms with Crippen LogP contribution in [0.15, 0.2) is 41.3 Å². The van der Waals surface area contributed by atoms with Crippen LogP contribution in [0.4, 0.5) is 0 Å². The van der Waals surface area contributed by atoms with E-state index >= 15 is 0 Å². The van der Waals surface area contributed by atoms with Crippen molar-refractivity contribution in [2.75, 3.05) is 0 Å². The van der Waals surface area contributed by atoms with Gasteiger partial charge in [0.05, 0.1) is 18.5 Å². The Hall–Kier alpha value is -2.60. The summed E-state index contributed by atoms with van der Waals surface area (Å²) in [5.41, 5.74) is 2.59. The van der Waals surface area contributed by atoms with Gasteiger partial charge in [-0.1, -0.05) is 18.2 Å². The molecule has 3 atom stereocenters. The van der Waals surface area contributed by atoms with E-state index in [0.29, 0.717) is 18.1 Å². The maximum Gasteiger partial charge on any atom is 0.287 e. The zero-order valence-corrected chi connectivity index (χ0v) is 15.0. The molecule has 3 aromatic rings. The van der Waals surface area contributed by atoms with Crippen molar-refractivity contribution in [2.45, 2.75) is 45.4 Å². The number of aryl methyl sites for hydroxylation is 2. The standard InChI is InChI=1S/C20H23N3O3/c1-12-4-3-5-15-13(2)19(26-18(12)15)20(25)22-16-8-14(9-17(16)24)10-23-7-6-21-11-23/h3-7,11,14,16-17,24H,8-10H2,1-2H3,(H,22,25)/t14?,16-,17-/m1/s1. The molecule has 0 spiro atoms. The second-order valence-corrected chi connectivity index (χ2v) is 7.25. The summed E-state index contributed by atoms with van der Waals surface area (Å²) in [4.78, 5) is 16.8. The number of aliphatic hydroxyl groups excluding tert-OH is 1.